The third-order valence-corrected chi connectivity index (χ3v) is 8.66. The predicted molar refractivity (Wildman–Crippen MR) is 167 cm³/mol. The smallest absolute Gasteiger partial charge is 0.128 e. The van der Waals surface area contributed by atoms with Gasteiger partial charge in [-0.1, -0.05) is 133 Å². The zero-order chi connectivity index (χ0) is 28.1. The van der Waals surface area contributed by atoms with E-state index in [9.17, 15) is 10.2 Å². The lowest BCUT2D eigenvalue weighted by Crippen LogP contribution is -2.29. The molecule has 0 amide bonds. The molecule has 0 unspecified atom stereocenters. The number of phenolic OH excluding ortho intramolecular Hbond substituents is 2. The molecule has 0 aromatic heterocycles. The summed E-state index contributed by atoms with van der Waals surface area (Å²) in [7, 11) is 0. The molecule has 0 saturated heterocycles. The van der Waals surface area contributed by atoms with Crippen LogP contribution in [-0.2, 0) is 5.41 Å². The van der Waals surface area contributed by atoms with Crippen molar-refractivity contribution in [3.05, 3.63) is 167 Å². The summed E-state index contributed by atoms with van der Waals surface area (Å²) in [6, 6.07) is 45.1. The molecule has 0 saturated carbocycles. The number of fused-ring (bicyclic) bond motifs is 3. The van der Waals surface area contributed by atoms with Crippen LogP contribution in [0.25, 0.3) is 33.4 Å². The van der Waals surface area contributed by atoms with Crippen molar-refractivity contribution in [2.75, 3.05) is 0 Å². The highest BCUT2D eigenvalue weighted by Crippen LogP contribution is 2.61. The molecule has 0 radical (unpaired) electrons. The van der Waals surface area contributed by atoms with Crippen molar-refractivity contribution in [3.8, 4) is 44.9 Å². The maximum atomic E-state index is 12.3. The van der Waals surface area contributed by atoms with Gasteiger partial charge in [0.2, 0.25) is 0 Å². The molecule has 0 heterocycles. The van der Waals surface area contributed by atoms with Crippen molar-refractivity contribution < 1.29 is 10.2 Å². The molecule has 7 rings (SSSR count). The molecule has 6 aromatic carbocycles. The van der Waals surface area contributed by atoms with Crippen molar-refractivity contribution in [1.29, 1.82) is 0 Å². The van der Waals surface area contributed by atoms with Crippen LogP contribution in [0, 0.1) is 13.8 Å². The van der Waals surface area contributed by atoms with Crippen LogP contribution in [0.5, 0.6) is 11.5 Å². The number of benzene rings is 6. The number of hydrogen-bond donors (Lipinski definition) is 2. The van der Waals surface area contributed by atoms with Gasteiger partial charge in [0, 0.05) is 22.3 Å². The van der Waals surface area contributed by atoms with Crippen molar-refractivity contribution in [2.24, 2.45) is 0 Å². The minimum atomic E-state index is -0.949. The third kappa shape index (κ3) is 3.57. The van der Waals surface area contributed by atoms with E-state index >= 15 is 0 Å². The van der Waals surface area contributed by atoms with Crippen LogP contribution in [0.15, 0.2) is 133 Å². The van der Waals surface area contributed by atoms with Crippen LogP contribution >= 0.6 is 0 Å². The number of rotatable bonds is 4. The summed E-state index contributed by atoms with van der Waals surface area (Å²) < 4.78 is 0. The highest BCUT2D eigenvalue weighted by Gasteiger charge is 2.49. The molecule has 198 valence electrons. The van der Waals surface area contributed by atoms with E-state index in [2.05, 4.69) is 48.5 Å². The lowest BCUT2D eigenvalue weighted by atomic mass is 9.65. The van der Waals surface area contributed by atoms with Gasteiger partial charge in [-0.05, 0) is 58.4 Å². The quantitative estimate of drug-likeness (QED) is 0.238. The highest BCUT2D eigenvalue weighted by molar-refractivity contribution is 5.90. The molecule has 1 aliphatic carbocycles. The summed E-state index contributed by atoms with van der Waals surface area (Å²) >= 11 is 0. The first kappa shape index (κ1) is 24.9. The van der Waals surface area contributed by atoms with E-state index in [0.29, 0.717) is 0 Å². The van der Waals surface area contributed by atoms with Gasteiger partial charge in [-0.2, -0.15) is 0 Å². The fraction of sp³-hybridized carbons (Fsp3) is 0.0769. The first-order valence-electron chi connectivity index (χ1n) is 14.0. The van der Waals surface area contributed by atoms with E-state index in [-0.39, 0.29) is 11.5 Å². The van der Waals surface area contributed by atoms with Crippen LogP contribution < -0.4 is 0 Å². The van der Waals surface area contributed by atoms with Gasteiger partial charge in [-0.25, -0.2) is 0 Å². The molecule has 0 atom stereocenters. The Labute approximate surface area is 240 Å². The average molecular weight is 531 g/mol. The number of aryl methyl sites for hydroxylation is 2. The Morgan fingerprint density at radius 1 is 0.390 bits per heavy atom. The van der Waals surface area contributed by atoms with Crippen molar-refractivity contribution >= 4 is 0 Å². The predicted octanol–water partition coefficient (Wildman–Crippen LogP) is 9.41. The monoisotopic (exact) mass is 530 g/mol. The second-order valence-electron chi connectivity index (χ2n) is 10.9. The largest absolute Gasteiger partial charge is 0.507 e. The first-order chi connectivity index (χ1) is 20.0. The molecule has 41 heavy (non-hydrogen) atoms. The minimum absolute atomic E-state index is 0.226. The zero-order valence-electron chi connectivity index (χ0n) is 23.1. The zero-order valence-corrected chi connectivity index (χ0v) is 23.1. The van der Waals surface area contributed by atoms with Crippen molar-refractivity contribution in [1.82, 2.24) is 0 Å². The van der Waals surface area contributed by atoms with E-state index in [1.807, 2.05) is 98.8 Å². The van der Waals surface area contributed by atoms with Crippen molar-refractivity contribution in [3.63, 3.8) is 0 Å². The molecular weight excluding hydrogens is 500 g/mol. The molecule has 2 N–H and O–H groups in total. The minimum Gasteiger partial charge on any atom is -0.507 e. The molecule has 1 aliphatic rings. The molecule has 0 fully saturated rings. The van der Waals surface area contributed by atoms with Crippen molar-refractivity contribution in [2.45, 2.75) is 19.3 Å². The Bertz CT molecular complexity index is 1780. The van der Waals surface area contributed by atoms with Gasteiger partial charge in [-0.3, -0.25) is 0 Å². The highest BCUT2D eigenvalue weighted by atomic mass is 16.3. The summed E-state index contributed by atoms with van der Waals surface area (Å²) in [4.78, 5) is 0. The Morgan fingerprint density at radius 2 is 0.756 bits per heavy atom. The SMILES string of the molecule is Cc1ccc(C2(c3ccc(C)c(-c4ccccc4)c3O)c3ccccc3-c3ccccc32)c(O)c1-c1ccccc1. The average Bonchev–Trinajstić information content (AvgIpc) is 3.29. The van der Waals surface area contributed by atoms with Crippen LogP contribution in [0.4, 0.5) is 0 Å². The van der Waals surface area contributed by atoms with Crippen LogP contribution in [0.2, 0.25) is 0 Å². The van der Waals surface area contributed by atoms with E-state index in [1.54, 1.807) is 0 Å². The Hall–Kier alpha value is -5.08. The summed E-state index contributed by atoms with van der Waals surface area (Å²) in [5.41, 5.74) is 10.3. The summed E-state index contributed by atoms with van der Waals surface area (Å²) in [5.74, 6) is 0.452. The van der Waals surface area contributed by atoms with Gasteiger partial charge in [0.05, 0.1) is 5.41 Å². The number of aromatic hydroxyl groups is 2. The summed E-state index contributed by atoms with van der Waals surface area (Å²) in [6.07, 6.45) is 0. The number of hydrogen-bond acceptors (Lipinski definition) is 2. The molecule has 2 nitrogen and oxygen atoms in total. The maximum absolute atomic E-state index is 12.3. The lowest BCUT2D eigenvalue weighted by Gasteiger charge is -2.36. The summed E-state index contributed by atoms with van der Waals surface area (Å²) in [6.45, 7) is 4.07. The lowest BCUT2D eigenvalue weighted by molar-refractivity contribution is 0.450. The Kier molecular flexibility index (Phi) is 5.80. The number of phenols is 2. The van der Waals surface area contributed by atoms with Crippen LogP contribution in [0.1, 0.15) is 33.4 Å². The molecule has 2 heteroatoms. The Morgan fingerprint density at radius 3 is 1.17 bits per heavy atom. The fourth-order valence-electron chi connectivity index (χ4n) is 6.89. The van der Waals surface area contributed by atoms with E-state index in [1.165, 1.54) is 0 Å². The summed E-state index contributed by atoms with van der Waals surface area (Å²) in [5, 5.41) is 24.6. The first-order valence-corrected chi connectivity index (χ1v) is 14.0. The molecular formula is C39H30O2. The van der Waals surface area contributed by atoms with Crippen LogP contribution in [-0.4, -0.2) is 10.2 Å². The second-order valence-corrected chi connectivity index (χ2v) is 10.9. The normalized spacial score (nSPS) is 13.0. The van der Waals surface area contributed by atoms with Gasteiger partial charge in [0.1, 0.15) is 11.5 Å². The molecule has 0 spiro atoms. The molecule has 6 aromatic rings. The van der Waals surface area contributed by atoms with Crippen LogP contribution in [0.3, 0.4) is 0 Å². The Balaban J connectivity index is 1.65. The van der Waals surface area contributed by atoms with E-state index in [0.717, 1.165) is 66.8 Å². The van der Waals surface area contributed by atoms with Gasteiger partial charge in [-0.15, -0.1) is 0 Å². The standard InChI is InChI=1S/C39H30O2/c1-25-21-23-33(37(40)35(25)27-13-5-3-6-14-27)39(31-19-11-9-17-29(31)30-18-10-12-20-32(30)39)34-24-22-26(2)36(38(34)41)28-15-7-4-8-16-28/h3-24,40-41H,1-2H3. The van der Waals surface area contributed by atoms with E-state index in [4.69, 9.17) is 0 Å². The van der Waals surface area contributed by atoms with E-state index < -0.39 is 5.41 Å². The second kappa shape index (κ2) is 9.53. The maximum Gasteiger partial charge on any atom is 0.128 e. The molecule has 0 aliphatic heterocycles. The fourth-order valence-corrected chi connectivity index (χ4v) is 6.89. The topological polar surface area (TPSA) is 40.5 Å². The molecule has 0 bridgehead atoms. The van der Waals surface area contributed by atoms with Gasteiger partial charge >= 0.3 is 0 Å². The van der Waals surface area contributed by atoms with Gasteiger partial charge in [0.25, 0.3) is 0 Å². The van der Waals surface area contributed by atoms with Gasteiger partial charge < -0.3 is 10.2 Å². The third-order valence-electron chi connectivity index (χ3n) is 8.66. The van der Waals surface area contributed by atoms with Gasteiger partial charge in [0.15, 0.2) is 0 Å².